The molecule has 0 heterocycles. The third-order valence-corrected chi connectivity index (χ3v) is 3.79. The predicted molar refractivity (Wildman–Crippen MR) is 70.1 cm³/mol. The summed E-state index contributed by atoms with van der Waals surface area (Å²) in [5, 5.41) is 9.42. The SMILES string of the molecule is CCCC(C)(CN(CC1CC1)C(C)C)C(=O)O. The molecule has 0 aromatic rings. The third-order valence-electron chi connectivity index (χ3n) is 3.79. The summed E-state index contributed by atoms with van der Waals surface area (Å²) < 4.78 is 0. The van der Waals surface area contributed by atoms with E-state index in [0.717, 1.165) is 25.3 Å². The van der Waals surface area contributed by atoms with Crippen molar-refractivity contribution in [1.82, 2.24) is 4.90 Å². The van der Waals surface area contributed by atoms with Gasteiger partial charge in [-0.05, 0) is 46.0 Å². The van der Waals surface area contributed by atoms with E-state index < -0.39 is 11.4 Å². The average molecular weight is 241 g/mol. The van der Waals surface area contributed by atoms with Gasteiger partial charge in [-0.2, -0.15) is 0 Å². The van der Waals surface area contributed by atoms with Crippen LogP contribution in [0.5, 0.6) is 0 Å². The van der Waals surface area contributed by atoms with Gasteiger partial charge in [-0.1, -0.05) is 13.3 Å². The molecule has 0 aliphatic heterocycles. The van der Waals surface area contributed by atoms with Crippen molar-refractivity contribution in [3.8, 4) is 0 Å². The molecule has 1 aliphatic carbocycles. The smallest absolute Gasteiger partial charge is 0.310 e. The molecule has 0 spiro atoms. The molecule has 100 valence electrons. The lowest BCUT2D eigenvalue weighted by atomic mass is 9.84. The van der Waals surface area contributed by atoms with Crippen molar-refractivity contribution in [1.29, 1.82) is 0 Å². The Labute approximate surface area is 105 Å². The number of carbonyl (C=O) groups is 1. The van der Waals surface area contributed by atoms with E-state index in [1.54, 1.807) is 0 Å². The highest BCUT2D eigenvalue weighted by Gasteiger charge is 2.36. The van der Waals surface area contributed by atoms with Gasteiger partial charge in [0.2, 0.25) is 0 Å². The third kappa shape index (κ3) is 4.30. The van der Waals surface area contributed by atoms with Crippen LogP contribution in [0.1, 0.15) is 53.4 Å². The second-order valence-corrected chi connectivity index (χ2v) is 6.08. The summed E-state index contributed by atoms with van der Waals surface area (Å²) in [6.45, 7) is 10.0. The fraction of sp³-hybridized carbons (Fsp3) is 0.929. The molecule has 0 bridgehead atoms. The normalized spacial score (nSPS) is 19.6. The van der Waals surface area contributed by atoms with Crippen LogP contribution in [0.2, 0.25) is 0 Å². The number of rotatable bonds is 8. The zero-order chi connectivity index (χ0) is 13.1. The minimum Gasteiger partial charge on any atom is -0.481 e. The van der Waals surface area contributed by atoms with Crippen LogP contribution in [-0.4, -0.2) is 35.1 Å². The number of aliphatic carboxylic acids is 1. The Morgan fingerprint density at radius 3 is 2.41 bits per heavy atom. The lowest BCUT2D eigenvalue weighted by molar-refractivity contribution is -0.150. The van der Waals surface area contributed by atoms with Crippen molar-refractivity contribution >= 4 is 5.97 Å². The molecule has 1 rings (SSSR count). The molecule has 0 aromatic carbocycles. The summed E-state index contributed by atoms with van der Waals surface area (Å²) >= 11 is 0. The van der Waals surface area contributed by atoms with E-state index >= 15 is 0 Å². The van der Waals surface area contributed by atoms with Crippen molar-refractivity contribution in [3.63, 3.8) is 0 Å². The summed E-state index contributed by atoms with van der Waals surface area (Å²) in [6.07, 6.45) is 4.33. The number of hydrogen-bond acceptors (Lipinski definition) is 2. The zero-order valence-corrected chi connectivity index (χ0v) is 11.7. The van der Waals surface area contributed by atoms with Crippen LogP contribution in [-0.2, 0) is 4.79 Å². The van der Waals surface area contributed by atoms with E-state index in [2.05, 4.69) is 25.7 Å². The number of carboxylic acids is 1. The highest BCUT2D eigenvalue weighted by atomic mass is 16.4. The summed E-state index contributed by atoms with van der Waals surface area (Å²) in [4.78, 5) is 13.8. The van der Waals surface area contributed by atoms with E-state index in [4.69, 9.17) is 0 Å². The Morgan fingerprint density at radius 1 is 1.47 bits per heavy atom. The highest BCUT2D eigenvalue weighted by molar-refractivity contribution is 5.74. The second kappa shape index (κ2) is 5.85. The first-order chi connectivity index (χ1) is 7.89. The van der Waals surface area contributed by atoms with Gasteiger partial charge >= 0.3 is 5.97 Å². The van der Waals surface area contributed by atoms with E-state index in [9.17, 15) is 9.90 Å². The fourth-order valence-corrected chi connectivity index (χ4v) is 2.34. The van der Waals surface area contributed by atoms with Gasteiger partial charge in [-0.3, -0.25) is 9.69 Å². The molecule has 1 saturated carbocycles. The number of hydrogen-bond donors (Lipinski definition) is 1. The molecule has 1 atom stereocenters. The standard InChI is InChI=1S/C14H27NO2/c1-5-8-14(4,13(16)17)10-15(11(2)3)9-12-6-7-12/h11-12H,5-10H2,1-4H3,(H,16,17). The summed E-state index contributed by atoms with van der Waals surface area (Å²) in [7, 11) is 0. The van der Waals surface area contributed by atoms with Gasteiger partial charge in [0.1, 0.15) is 0 Å². The van der Waals surface area contributed by atoms with Gasteiger partial charge in [-0.15, -0.1) is 0 Å². The molecule has 17 heavy (non-hydrogen) atoms. The van der Waals surface area contributed by atoms with Crippen LogP contribution in [0.15, 0.2) is 0 Å². The Hall–Kier alpha value is -0.570. The van der Waals surface area contributed by atoms with Gasteiger partial charge in [0.25, 0.3) is 0 Å². The maximum Gasteiger partial charge on any atom is 0.310 e. The molecule has 0 amide bonds. The number of carboxylic acid groups (broad SMARTS) is 1. The molecular weight excluding hydrogens is 214 g/mol. The Kier molecular flexibility index (Phi) is 4.99. The quantitative estimate of drug-likeness (QED) is 0.710. The van der Waals surface area contributed by atoms with Crippen LogP contribution >= 0.6 is 0 Å². The lowest BCUT2D eigenvalue weighted by Crippen LogP contribution is -2.45. The molecule has 0 aromatic heterocycles. The van der Waals surface area contributed by atoms with Crippen molar-refractivity contribution in [2.24, 2.45) is 11.3 Å². The Morgan fingerprint density at radius 2 is 2.06 bits per heavy atom. The first-order valence-electron chi connectivity index (χ1n) is 6.86. The van der Waals surface area contributed by atoms with Crippen molar-refractivity contribution in [2.45, 2.75) is 59.4 Å². The molecule has 3 nitrogen and oxygen atoms in total. The average Bonchev–Trinajstić information content (AvgIpc) is 3.00. The molecular formula is C14H27NO2. The van der Waals surface area contributed by atoms with Gasteiger partial charge in [0.15, 0.2) is 0 Å². The van der Waals surface area contributed by atoms with Gasteiger partial charge in [-0.25, -0.2) is 0 Å². The Bertz CT molecular complexity index is 261. The van der Waals surface area contributed by atoms with Crippen LogP contribution in [0.3, 0.4) is 0 Å². The first-order valence-corrected chi connectivity index (χ1v) is 6.86. The molecule has 1 fully saturated rings. The van der Waals surface area contributed by atoms with Gasteiger partial charge in [0, 0.05) is 19.1 Å². The van der Waals surface area contributed by atoms with E-state index in [1.165, 1.54) is 12.8 Å². The van der Waals surface area contributed by atoms with Crippen molar-refractivity contribution in [3.05, 3.63) is 0 Å². The largest absolute Gasteiger partial charge is 0.481 e. The zero-order valence-electron chi connectivity index (χ0n) is 11.7. The molecule has 0 radical (unpaired) electrons. The monoisotopic (exact) mass is 241 g/mol. The summed E-state index contributed by atoms with van der Waals surface area (Å²) in [6, 6.07) is 0.436. The van der Waals surface area contributed by atoms with Crippen LogP contribution < -0.4 is 0 Å². The number of nitrogens with zero attached hydrogens (tertiary/aromatic N) is 1. The molecule has 3 heteroatoms. The molecule has 1 N–H and O–H groups in total. The van der Waals surface area contributed by atoms with Gasteiger partial charge in [0.05, 0.1) is 5.41 Å². The topological polar surface area (TPSA) is 40.5 Å². The first kappa shape index (κ1) is 14.5. The maximum atomic E-state index is 11.4. The molecule has 1 aliphatic rings. The maximum absolute atomic E-state index is 11.4. The van der Waals surface area contributed by atoms with Crippen LogP contribution in [0.25, 0.3) is 0 Å². The molecule has 0 saturated heterocycles. The van der Waals surface area contributed by atoms with Crippen LogP contribution in [0, 0.1) is 11.3 Å². The minimum atomic E-state index is -0.652. The minimum absolute atomic E-state index is 0.436. The predicted octanol–water partition coefficient (Wildman–Crippen LogP) is 3.00. The lowest BCUT2D eigenvalue weighted by Gasteiger charge is -2.35. The second-order valence-electron chi connectivity index (χ2n) is 6.08. The van der Waals surface area contributed by atoms with Crippen molar-refractivity contribution in [2.75, 3.05) is 13.1 Å². The van der Waals surface area contributed by atoms with E-state index in [-0.39, 0.29) is 0 Å². The van der Waals surface area contributed by atoms with Crippen LogP contribution in [0.4, 0.5) is 0 Å². The summed E-state index contributed by atoms with van der Waals surface area (Å²) in [5.41, 5.74) is -0.589. The van der Waals surface area contributed by atoms with E-state index in [0.29, 0.717) is 12.6 Å². The van der Waals surface area contributed by atoms with E-state index in [1.807, 2.05) is 6.92 Å². The molecule has 1 unspecified atom stereocenters. The fourth-order valence-electron chi connectivity index (χ4n) is 2.34. The summed E-state index contributed by atoms with van der Waals surface area (Å²) in [5.74, 6) is 0.165. The van der Waals surface area contributed by atoms with Crippen molar-refractivity contribution < 1.29 is 9.90 Å². The van der Waals surface area contributed by atoms with Gasteiger partial charge < -0.3 is 5.11 Å². The Balaban J connectivity index is 2.63. The highest BCUT2D eigenvalue weighted by Crippen LogP contribution is 2.32.